The van der Waals surface area contributed by atoms with Crippen LogP contribution >= 0.6 is 11.6 Å². The highest BCUT2D eigenvalue weighted by atomic mass is 35.5. The standard InChI is InChI=1S/C20H17ClN4O2/c1-12-7-3-4-8-14(12)18-13(2)23-17(11-22-18)24-20(27)25-19(26)15-9-5-6-10-16(15)21/h3-11H,1-2H3,(H2,23,24,25,26,27). The van der Waals surface area contributed by atoms with E-state index >= 15 is 0 Å². The number of hydrogen-bond donors (Lipinski definition) is 2. The monoisotopic (exact) mass is 380 g/mol. The molecule has 2 N–H and O–H groups in total. The van der Waals surface area contributed by atoms with Gasteiger partial charge in [-0.25, -0.2) is 9.78 Å². The Morgan fingerprint density at radius 1 is 1.00 bits per heavy atom. The molecule has 136 valence electrons. The van der Waals surface area contributed by atoms with Crippen molar-refractivity contribution in [2.75, 3.05) is 5.32 Å². The third-order valence-electron chi connectivity index (χ3n) is 3.93. The molecule has 3 rings (SSSR count). The summed E-state index contributed by atoms with van der Waals surface area (Å²) in [6.07, 6.45) is 1.45. The summed E-state index contributed by atoms with van der Waals surface area (Å²) in [5, 5.41) is 4.99. The number of rotatable bonds is 3. The Morgan fingerprint density at radius 2 is 1.70 bits per heavy atom. The maximum atomic E-state index is 12.1. The number of nitrogens with zero attached hydrogens (tertiary/aromatic N) is 2. The van der Waals surface area contributed by atoms with Crippen molar-refractivity contribution in [2.45, 2.75) is 13.8 Å². The molecule has 0 spiro atoms. The molecule has 6 nitrogen and oxygen atoms in total. The zero-order valence-electron chi connectivity index (χ0n) is 14.8. The Bertz CT molecular complexity index is 1020. The van der Waals surface area contributed by atoms with Crippen molar-refractivity contribution in [1.82, 2.24) is 15.3 Å². The first kappa shape index (κ1) is 18.5. The summed E-state index contributed by atoms with van der Waals surface area (Å²) in [4.78, 5) is 33.0. The molecule has 0 fully saturated rings. The number of benzene rings is 2. The van der Waals surface area contributed by atoms with Gasteiger partial charge in [0.1, 0.15) is 0 Å². The first-order chi connectivity index (χ1) is 13.0. The van der Waals surface area contributed by atoms with Crippen LogP contribution < -0.4 is 10.6 Å². The van der Waals surface area contributed by atoms with E-state index in [2.05, 4.69) is 20.6 Å². The molecule has 3 amide bonds. The summed E-state index contributed by atoms with van der Waals surface area (Å²) in [5.41, 5.74) is 3.68. The van der Waals surface area contributed by atoms with E-state index in [1.807, 2.05) is 38.1 Å². The van der Waals surface area contributed by atoms with Gasteiger partial charge in [-0.2, -0.15) is 0 Å². The third kappa shape index (κ3) is 4.30. The smallest absolute Gasteiger partial charge is 0.291 e. The molecule has 0 bridgehead atoms. The van der Waals surface area contributed by atoms with Crippen LogP contribution in [0.4, 0.5) is 10.6 Å². The summed E-state index contributed by atoms with van der Waals surface area (Å²) in [6, 6.07) is 13.6. The zero-order chi connectivity index (χ0) is 19.4. The molecule has 3 aromatic rings. The SMILES string of the molecule is Cc1ccccc1-c1ncc(NC(=O)NC(=O)c2ccccc2Cl)nc1C. The Labute approximate surface area is 161 Å². The topological polar surface area (TPSA) is 84.0 Å². The minimum atomic E-state index is -0.711. The van der Waals surface area contributed by atoms with E-state index in [9.17, 15) is 9.59 Å². The van der Waals surface area contributed by atoms with Gasteiger partial charge in [0.05, 0.1) is 28.2 Å². The number of amides is 3. The molecule has 1 aromatic heterocycles. The highest BCUT2D eigenvalue weighted by Gasteiger charge is 2.14. The number of urea groups is 1. The van der Waals surface area contributed by atoms with Gasteiger partial charge in [-0.1, -0.05) is 48.0 Å². The first-order valence-corrected chi connectivity index (χ1v) is 8.60. The third-order valence-corrected chi connectivity index (χ3v) is 4.26. The number of anilines is 1. The molecule has 2 aromatic carbocycles. The van der Waals surface area contributed by atoms with E-state index in [1.165, 1.54) is 12.3 Å². The van der Waals surface area contributed by atoms with Gasteiger partial charge >= 0.3 is 6.03 Å². The Kier molecular flexibility index (Phi) is 5.47. The normalized spacial score (nSPS) is 10.3. The van der Waals surface area contributed by atoms with Gasteiger partial charge in [0.2, 0.25) is 0 Å². The summed E-state index contributed by atoms with van der Waals surface area (Å²) in [6.45, 7) is 3.81. The minimum Gasteiger partial charge on any atom is -0.291 e. The van der Waals surface area contributed by atoms with E-state index < -0.39 is 11.9 Å². The molecule has 0 aliphatic rings. The van der Waals surface area contributed by atoms with Crippen LogP contribution in [-0.2, 0) is 0 Å². The number of imide groups is 1. The Morgan fingerprint density at radius 3 is 2.41 bits per heavy atom. The molecule has 27 heavy (non-hydrogen) atoms. The second-order valence-corrected chi connectivity index (χ2v) is 6.30. The second-order valence-electron chi connectivity index (χ2n) is 5.89. The summed E-state index contributed by atoms with van der Waals surface area (Å²) < 4.78 is 0. The molecule has 0 aliphatic heterocycles. The largest absolute Gasteiger partial charge is 0.327 e. The van der Waals surface area contributed by atoms with Crippen molar-refractivity contribution in [3.63, 3.8) is 0 Å². The maximum absolute atomic E-state index is 12.1. The van der Waals surface area contributed by atoms with E-state index in [-0.39, 0.29) is 16.4 Å². The van der Waals surface area contributed by atoms with E-state index in [4.69, 9.17) is 11.6 Å². The molecule has 0 unspecified atom stereocenters. The van der Waals surface area contributed by atoms with Crippen LogP contribution in [0.5, 0.6) is 0 Å². The molecule has 0 atom stereocenters. The van der Waals surface area contributed by atoms with Crippen molar-refractivity contribution < 1.29 is 9.59 Å². The van der Waals surface area contributed by atoms with Crippen molar-refractivity contribution in [2.24, 2.45) is 0 Å². The summed E-state index contributed by atoms with van der Waals surface area (Å²) >= 11 is 5.96. The molecular weight excluding hydrogens is 364 g/mol. The van der Waals surface area contributed by atoms with Crippen LogP contribution in [0.3, 0.4) is 0 Å². The van der Waals surface area contributed by atoms with E-state index in [0.29, 0.717) is 5.69 Å². The quantitative estimate of drug-likeness (QED) is 0.706. The number of nitrogens with one attached hydrogen (secondary N) is 2. The van der Waals surface area contributed by atoms with Gasteiger partial charge in [0, 0.05) is 5.56 Å². The number of halogens is 1. The van der Waals surface area contributed by atoms with Crippen molar-refractivity contribution in [3.8, 4) is 11.3 Å². The lowest BCUT2D eigenvalue weighted by Crippen LogP contribution is -2.34. The van der Waals surface area contributed by atoms with Crippen LogP contribution in [0.15, 0.2) is 54.7 Å². The molecule has 0 aliphatic carbocycles. The number of aromatic nitrogens is 2. The Balaban J connectivity index is 1.72. The molecule has 0 radical (unpaired) electrons. The molecule has 7 heteroatoms. The highest BCUT2D eigenvalue weighted by molar-refractivity contribution is 6.34. The maximum Gasteiger partial charge on any atom is 0.327 e. The van der Waals surface area contributed by atoms with Crippen LogP contribution in [0.2, 0.25) is 5.02 Å². The summed E-state index contributed by atoms with van der Waals surface area (Å²) in [5.74, 6) is -0.353. The Hall–Kier alpha value is -3.25. The average molecular weight is 381 g/mol. The van der Waals surface area contributed by atoms with E-state index in [0.717, 1.165) is 16.8 Å². The summed E-state index contributed by atoms with van der Waals surface area (Å²) in [7, 11) is 0. The van der Waals surface area contributed by atoms with Crippen LogP contribution in [-0.4, -0.2) is 21.9 Å². The lowest BCUT2D eigenvalue weighted by atomic mass is 10.0. The number of hydrogen-bond acceptors (Lipinski definition) is 4. The highest BCUT2D eigenvalue weighted by Crippen LogP contribution is 2.24. The van der Waals surface area contributed by atoms with Gasteiger partial charge in [-0.15, -0.1) is 0 Å². The average Bonchev–Trinajstić information content (AvgIpc) is 2.63. The van der Waals surface area contributed by atoms with E-state index in [1.54, 1.807) is 18.2 Å². The first-order valence-electron chi connectivity index (χ1n) is 8.22. The zero-order valence-corrected chi connectivity index (χ0v) is 15.5. The lowest BCUT2D eigenvalue weighted by molar-refractivity contribution is 0.0967. The second kappa shape index (κ2) is 7.97. The van der Waals surface area contributed by atoms with Crippen molar-refractivity contribution >= 4 is 29.4 Å². The predicted octanol–water partition coefficient (Wildman–Crippen LogP) is 4.38. The fourth-order valence-electron chi connectivity index (χ4n) is 2.61. The van der Waals surface area contributed by atoms with Gasteiger partial charge in [-0.05, 0) is 31.5 Å². The van der Waals surface area contributed by atoms with Gasteiger partial charge < -0.3 is 0 Å². The van der Waals surface area contributed by atoms with Gasteiger partial charge in [-0.3, -0.25) is 20.4 Å². The lowest BCUT2D eigenvalue weighted by Gasteiger charge is -2.10. The molecular formula is C20H17ClN4O2. The number of carbonyl (C=O) groups excluding carboxylic acids is 2. The van der Waals surface area contributed by atoms with Crippen LogP contribution in [0, 0.1) is 13.8 Å². The van der Waals surface area contributed by atoms with Crippen LogP contribution in [0.1, 0.15) is 21.6 Å². The molecule has 0 saturated heterocycles. The predicted molar refractivity (Wildman–Crippen MR) is 105 cm³/mol. The van der Waals surface area contributed by atoms with Crippen LogP contribution in [0.25, 0.3) is 11.3 Å². The fraction of sp³-hybridized carbons (Fsp3) is 0.100. The van der Waals surface area contributed by atoms with Gasteiger partial charge in [0.15, 0.2) is 5.82 Å². The van der Waals surface area contributed by atoms with Gasteiger partial charge in [0.25, 0.3) is 5.91 Å². The van der Waals surface area contributed by atoms with Crippen molar-refractivity contribution in [3.05, 3.63) is 76.6 Å². The molecule has 1 heterocycles. The number of carbonyl (C=O) groups is 2. The van der Waals surface area contributed by atoms with Crippen molar-refractivity contribution in [1.29, 1.82) is 0 Å². The minimum absolute atomic E-state index is 0.214. The molecule has 0 saturated carbocycles. The fourth-order valence-corrected chi connectivity index (χ4v) is 2.83. The number of aryl methyl sites for hydroxylation is 2.